The van der Waals surface area contributed by atoms with Gasteiger partial charge in [-0.3, -0.25) is 4.90 Å². The lowest BCUT2D eigenvalue weighted by Gasteiger charge is -2.46. The Kier molecular flexibility index (Phi) is 3.33. The third-order valence-electron chi connectivity index (χ3n) is 4.10. The largest absolute Gasteiger partial charge is 0.307 e. The van der Waals surface area contributed by atoms with Crippen molar-refractivity contribution in [1.82, 2.24) is 15.1 Å². The van der Waals surface area contributed by atoms with E-state index in [1.807, 2.05) is 12.1 Å². The van der Waals surface area contributed by atoms with Crippen molar-refractivity contribution in [1.29, 1.82) is 0 Å². The van der Waals surface area contributed by atoms with E-state index < -0.39 is 0 Å². The SMILES string of the molecule is CN1CCN2CC(c3ccc(F)cc3)NCC2C1. The van der Waals surface area contributed by atoms with Crippen LogP contribution in [0.25, 0.3) is 0 Å². The highest BCUT2D eigenvalue weighted by Gasteiger charge is 2.31. The van der Waals surface area contributed by atoms with Gasteiger partial charge in [0.25, 0.3) is 0 Å². The lowest BCUT2D eigenvalue weighted by atomic mass is 10.0. The third-order valence-corrected chi connectivity index (χ3v) is 4.10. The molecule has 0 bridgehead atoms. The molecule has 0 radical (unpaired) electrons. The van der Waals surface area contributed by atoms with E-state index in [0.29, 0.717) is 12.1 Å². The first-order valence-corrected chi connectivity index (χ1v) is 6.64. The molecular weight excluding hydrogens is 229 g/mol. The van der Waals surface area contributed by atoms with Gasteiger partial charge in [0.1, 0.15) is 5.82 Å². The molecule has 1 aromatic rings. The van der Waals surface area contributed by atoms with Crippen molar-refractivity contribution in [3.8, 4) is 0 Å². The molecule has 2 atom stereocenters. The number of piperazine rings is 2. The summed E-state index contributed by atoms with van der Waals surface area (Å²) in [5, 5.41) is 3.58. The molecule has 0 aromatic heterocycles. The Morgan fingerprint density at radius 3 is 2.72 bits per heavy atom. The molecule has 2 saturated heterocycles. The van der Waals surface area contributed by atoms with Gasteiger partial charge in [-0.05, 0) is 24.7 Å². The number of fused-ring (bicyclic) bond motifs is 1. The highest BCUT2D eigenvalue weighted by Crippen LogP contribution is 2.22. The highest BCUT2D eigenvalue weighted by molar-refractivity contribution is 5.21. The highest BCUT2D eigenvalue weighted by atomic mass is 19.1. The van der Waals surface area contributed by atoms with E-state index >= 15 is 0 Å². The normalized spacial score (nSPS) is 30.1. The standard InChI is InChI=1S/C14H20FN3/c1-17-6-7-18-10-14(16-8-13(18)9-17)11-2-4-12(15)5-3-11/h2-5,13-14,16H,6-10H2,1H3. The second-order valence-electron chi connectivity index (χ2n) is 5.42. The first kappa shape index (κ1) is 12.1. The quantitative estimate of drug-likeness (QED) is 0.803. The Hall–Kier alpha value is -0.970. The van der Waals surface area contributed by atoms with Crippen LogP contribution >= 0.6 is 0 Å². The van der Waals surface area contributed by atoms with Crippen molar-refractivity contribution in [2.75, 3.05) is 39.8 Å². The average molecular weight is 249 g/mol. The molecule has 2 fully saturated rings. The number of rotatable bonds is 1. The van der Waals surface area contributed by atoms with Gasteiger partial charge >= 0.3 is 0 Å². The zero-order valence-corrected chi connectivity index (χ0v) is 10.8. The summed E-state index contributed by atoms with van der Waals surface area (Å²) in [5.41, 5.74) is 1.19. The maximum Gasteiger partial charge on any atom is 0.123 e. The number of nitrogens with one attached hydrogen (secondary N) is 1. The summed E-state index contributed by atoms with van der Waals surface area (Å²) in [6.07, 6.45) is 0. The second-order valence-corrected chi connectivity index (χ2v) is 5.42. The summed E-state index contributed by atoms with van der Waals surface area (Å²) >= 11 is 0. The van der Waals surface area contributed by atoms with Crippen LogP contribution in [0.1, 0.15) is 11.6 Å². The minimum absolute atomic E-state index is 0.160. The van der Waals surface area contributed by atoms with Crippen LogP contribution in [-0.4, -0.2) is 55.6 Å². The number of benzene rings is 1. The summed E-state index contributed by atoms with van der Waals surface area (Å²) in [4.78, 5) is 4.95. The fraction of sp³-hybridized carbons (Fsp3) is 0.571. The molecule has 0 amide bonds. The summed E-state index contributed by atoms with van der Waals surface area (Å²) in [5.74, 6) is -0.160. The summed E-state index contributed by atoms with van der Waals surface area (Å²) < 4.78 is 12.9. The second kappa shape index (κ2) is 4.96. The van der Waals surface area contributed by atoms with Crippen molar-refractivity contribution in [2.24, 2.45) is 0 Å². The van der Waals surface area contributed by atoms with E-state index in [4.69, 9.17) is 0 Å². The van der Waals surface area contributed by atoms with Gasteiger partial charge in [-0.1, -0.05) is 12.1 Å². The first-order valence-electron chi connectivity index (χ1n) is 6.64. The first-order chi connectivity index (χ1) is 8.72. The molecule has 2 aliphatic rings. The number of hydrogen-bond acceptors (Lipinski definition) is 3. The molecule has 0 aliphatic carbocycles. The molecule has 2 heterocycles. The van der Waals surface area contributed by atoms with Crippen LogP contribution in [0, 0.1) is 5.82 Å². The van der Waals surface area contributed by atoms with E-state index in [2.05, 4.69) is 22.2 Å². The zero-order valence-electron chi connectivity index (χ0n) is 10.8. The van der Waals surface area contributed by atoms with Gasteiger partial charge in [-0.2, -0.15) is 0 Å². The van der Waals surface area contributed by atoms with E-state index in [9.17, 15) is 4.39 Å². The van der Waals surface area contributed by atoms with Crippen LogP contribution in [0.2, 0.25) is 0 Å². The van der Waals surface area contributed by atoms with E-state index in [-0.39, 0.29) is 5.82 Å². The van der Waals surface area contributed by atoms with Gasteiger partial charge in [0.05, 0.1) is 0 Å². The molecule has 2 aliphatic heterocycles. The molecular formula is C14H20FN3. The summed E-state index contributed by atoms with van der Waals surface area (Å²) in [6, 6.07) is 7.85. The van der Waals surface area contributed by atoms with Crippen LogP contribution in [0.3, 0.4) is 0 Å². The average Bonchev–Trinajstić information content (AvgIpc) is 2.39. The molecule has 4 heteroatoms. The minimum atomic E-state index is -0.160. The van der Waals surface area contributed by atoms with Crippen LogP contribution in [0.5, 0.6) is 0 Å². The van der Waals surface area contributed by atoms with E-state index in [1.165, 1.54) is 5.56 Å². The Morgan fingerprint density at radius 1 is 1.17 bits per heavy atom. The predicted octanol–water partition coefficient (Wildman–Crippen LogP) is 1.09. The van der Waals surface area contributed by atoms with Crippen LogP contribution in [0.15, 0.2) is 24.3 Å². The van der Waals surface area contributed by atoms with Crippen molar-refractivity contribution >= 4 is 0 Å². The maximum absolute atomic E-state index is 12.9. The smallest absolute Gasteiger partial charge is 0.123 e. The molecule has 98 valence electrons. The Morgan fingerprint density at radius 2 is 1.94 bits per heavy atom. The van der Waals surface area contributed by atoms with Crippen molar-refractivity contribution in [3.05, 3.63) is 35.6 Å². The maximum atomic E-state index is 12.9. The monoisotopic (exact) mass is 249 g/mol. The number of hydrogen-bond donors (Lipinski definition) is 1. The molecule has 3 rings (SSSR count). The Balaban J connectivity index is 1.68. The molecule has 2 unspecified atom stereocenters. The van der Waals surface area contributed by atoms with Gasteiger partial charge in [0, 0.05) is 44.8 Å². The number of halogens is 1. The molecule has 3 nitrogen and oxygen atoms in total. The third kappa shape index (κ3) is 2.41. The fourth-order valence-electron chi connectivity index (χ4n) is 2.98. The lowest BCUT2D eigenvalue weighted by Crippen LogP contribution is -2.61. The number of nitrogens with zero attached hydrogens (tertiary/aromatic N) is 2. The lowest BCUT2D eigenvalue weighted by molar-refractivity contribution is 0.0538. The molecule has 1 aromatic carbocycles. The van der Waals surface area contributed by atoms with Crippen LogP contribution < -0.4 is 5.32 Å². The van der Waals surface area contributed by atoms with Crippen molar-refractivity contribution in [2.45, 2.75) is 12.1 Å². The van der Waals surface area contributed by atoms with Gasteiger partial charge < -0.3 is 10.2 Å². The fourth-order valence-corrected chi connectivity index (χ4v) is 2.98. The molecule has 0 spiro atoms. The Bertz CT molecular complexity index is 406. The Labute approximate surface area is 108 Å². The van der Waals surface area contributed by atoms with Crippen molar-refractivity contribution < 1.29 is 4.39 Å². The van der Waals surface area contributed by atoms with Crippen LogP contribution in [-0.2, 0) is 0 Å². The van der Waals surface area contributed by atoms with Crippen molar-refractivity contribution in [3.63, 3.8) is 0 Å². The van der Waals surface area contributed by atoms with E-state index in [0.717, 1.165) is 32.7 Å². The van der Waals surface area contributed by atoms with Gasteiger partial charge in [-0.25, -0.2) is 4.39 Å². The van der Waals surface area contributed by atoms with Gasteiger partial charge in [-0.15, -0.1) is 0 Å². The molecule has 18 heavy (non-hydrogen) atoms. The minimum Gasteiger partial charge on any atom is -0.307 e. The van der Waals surface area contributed by atoms with E-state index in [1.54, 1.807) is 12.1 Å². The molecule has 0 saturated carbocycles. The topological polar surface area (TPSA) is 18.5 Å². The van der Waals surface area contributed by atoms with Gasteiger partial charge in [0.15, 0.2) is 0 Å². The molecule has 1 N–H and O–H groups in total. The summed E-state index contributed by atoms with van der Waals surface area (Å²) in [6.45, 7) is 5.48. The zero-order chi connectivity index (χ0) is 12.5. The van der Waals surface area contributed by atoms with Crippen LogP contribution in [0.4, 0.5) is 4.39 Å². The number of likely N-dealkylation sites (N-methyl/N-ethyl adjacent to an activating group) is 1. The summed E-state index contributed by atoms with van der Waals surface area (Å²) in [7, 11) is 2.18. The van der Waals surface area contributed by atoms with Gasteiger partial charge in [0.2, 0.25) is 0 Å². The predicted molar refractivity (Wildman–Crippen MR) is 70.0 cm³/mol.